The summed E-state index contributed by atoms with van der Waals surface area (Å²) < 4.78 is 35.5. The van der Waals surface area contributed by atoms with E-state index < -0.39 is 15.8 Å². The number of rotatable bonds is 3. The van der Waals surface area contributed by atoms with Crippen LogP contribution in [0.25, 0.3) is 16.7 Å². The summed E-state index contributed by atoms with van der Waals surface area (Å²) in [6.07, 6.45) is 1.87. The quantitative estimate of drug-likeness (QED) is 0.520. The third-order valence-corrected chi connectivity index (χ3v) is 6.78. The van der Waals surface area contributed by atoms with E-state index in [2.05, 4.69) is 10.2 Å². The summed E-state index contributed by atoms with van der Waals surface area (Å²) in [7, 11) is -2.12. The fraction of sp³-hybridized carbons (Fsp3) is 0.235. The van der Waals surface area contributed by atoms with Crippen molar-refractivity contribution in [2.24, 2.45) is 7.05 Å². The van der Waals surface area contributed by atoms with Crippen LogP contribution in [0.4, 0.5) is 0 Å². The number of oxazole rings is 1. The number of pyridine rings is 1. The summed E-state index contributed by atoms with van der Waals surface area (Å²) in [6.45, 7) is 0.667. The van der Waals surface area contributed by atoms with Gasteiger partial charge in [-0.3, -0.25) is 8.97 Å². The van der Waals surface area contributed by atoms with Crippen LogP contribution >= 0.6 is 0 Å². The second-order valence-electron chi connectivity index (χ2n) is 6.56. The molecule has 0 atom stereocenters. The fourth-order valence-electron chi connectivity index (χ4n) is 3.35. The van der Waals surface area contributed by atoms with E-state index in [1.807, 2.05) is 28.8 Å². The molecule has 138 valence electrons. The minimum Gasteiger partial charge on any atom is -0.408 e. The summed E-state index contributed by atoms with van der Waals surface area (Å²) in [5.41, 5.74) is 1.54. The van der Waals surface area contributed by atoms with Crippen molar-refractivity contribution in [1.82, 2.24) is 23.5 Å². The molecule has 10 heteroatoms. The van der Waals surface area contributed by atoms with Crippen LogP contribution in [0, 0.1) is 0 Å². The zero-order valence-electron chi connectivity index (χ0n) is 14.3. The molecule has 0 aliphatic carbocycles. The van der Waals surface area contributed by atoms with Crippen molar-refractivity contribution in [1.29, 1.82) is 0 Å². The van der Waals surface area contributed by atoms with Crippen LogP contribution in [0.3, 0.4) is 0 Å². The molecule has 0 N–H and O–H groups in total. The predicted octanol–water partition coefficient (Wildman–Crippen LogP) is 0.962. The molecule has 1 fully saturated rings. The van der Waals surface area contributed by atoms with E-state index in [1.54, 1.807) is 7.05 Å². The van der Waals surface area contributed by atoms with Gasteiger partial charge in [-0.2, -0.15) is 4.31 Å². The molecule has 1 aliphatic rings. The molecule has 4 heterocycles. The molecular weight excluding hydrogens is 370 g/mol. The summed E-state index contributed by atoms with van der Waals surface area (Å²) in [6, 6.07) is 10.1. The van der Waals surface area contributed by atoms with Gasteiger partial charge in [-0.1, -0.05) is 6.07 Å². The first kappa shape index (κ1) is 16.2. The Bertz CT molecular complexity index is 1340. The fourth-order valence-corrected chi connectivity index (χ4v) is 4.90. The molecule has 0 amide bonds. The monoisotopic (exact) mass is 385 g/mol. The molecule has 0 radical (unpaired) electrons. The smallest absolute Gasteiger partial charge is 0.408 e. The van der Waals surface area contributed by atoms with E-state index in [1.165, 1.54) is 27.1 Å². The van der Waals surface area contributed by atoms with Gasteiger partial charge in [0.25, 0.3) is 0 Å². The topological polar surface area (TPSA) is 103 Å². The number of hydrogen-bond acceptors (Lipinski definition) is 6. The van der Waals surface area contributed by atoms with E-state index in [0.29, 0.717) is 24.2 Å². The average molecular weight is 385 g/mol. The molecule has 0 bridgehead atoms. The van der Waals surface area contributed by atoms with Crippen molar-refractivity contribution < 1.29 is 12.8 Å². The highest BCUT2D eigenvalue weighted by molar-refractivity contribution is 7.89. The number of sulfonamides is 1. The molecule has 5 rings (SSSR count). The SMILES string of the molecule is Cn1c(=O)oc2ccc(S(=O)(=O)N3CC(c4nnc5ccccn45)C3)cc21. The molecule has 1 aliphatic heterocycles. The third kappa shape index (κ3) is 2.33. The second-order valence-corrected chi connectivity index (χ2v) is 8.50. The molecule has 1 aromatic carbocycles. The van der Waals surface area contributed by atoms with E-state index in [0.717, 1.165) is 11.5 Å². The molecule has 0 spiro atoms. The Labute approximate surface area is 153 Å². The number of hydrogen-bond donors (Lipinski definition) is 0. The third-order valence-electron chi connectivity index (χ3n) is 4.95. The van der Waals surface area contributed by atoms with Crippen LogP contribution in [-0.2, 0) is 17.1 Å². The van der Waals surface area contributed by atoms with Crippen LogP contribution in [0.15, 0.2) is 56.7 Å². The lowest BCUT2D eigenvalue weighted by Gasteiger charge is -2.36. The Kier molecular flexibility index (Phi) is 3.31. The van der Waals surface area contributed by atoms with E-state index in [4.69, 9.17) is 4.42 Å². The average Bonchev–Trinajstić information content (AvgIpc) is 3.15. The first-order chi connectivity index (χ1) is 12.9. The molecule has 0 saturated carbocycles. The van der Waals surface area contributed by atoms with Gasteiger partial charge < -0.3 is 4.42 Å². The first-order valence-electron chi connectivity index (χ1n) is 8.34. The molecule has 27 heavy (non-hydrogen) atoms. The van der Waals surface area contributed by atoms with Crippen LogP contribution in [0.5, 0.6) is 0 Å². The number of aromatic nitrogens is 4. The molecule has 3 aromatic heterocycles. The number of nitrogens with zero attached hydrogens (tertiary/aromatic N) is 5. The lowest BCUT2D eigenvalue weighted by Crippen LogP contribution is -2.48. The Balaban J connectivity index is 1.44. The Morgan fingerprint density at radius 1 is 1.15 bits per heavy atom. The van der Waals surface area contributed by atoms with Crippen LogP contribution < -0.4 is 5.76 Å². The predicted molar refractivity (Wildman–Crippen MR) is 95.9 cm³/mol. The summed E-state index contributed by atoms with van der Waals surface area (Å²) >= 11 is 0. The van der Waals surface area contributed by atoms with E-state index >= 15 is 0 Å². The van der Waals surface area contributed by atoms with Gasteiger partial charge in [0.05, 0.1) is 10.4 Å². The van der Waals surface area contributed by atoms with Gasteiger partial charge in [0.1, 0.15) is 5.82 Å². The van der Waals surface area contributed by atoms with Crippen molar-refractivity contribution in [3.63, 3.8) is 0 Å². The summed E-state index contributed by atoms with van der Waals surface area (Å²) in [5.74, 6) is 0.214. The molecule has 4 aromatic rings. The minimum atomic E-state index is -3.66. The Morgan fingerprint density at radius 2 is 1.96 bits per heavy atom. The highest BCUT2D eigenvalue weighted by atomic mass is 32.2. The van der Waals surface area contributed by atoms with Crippen LogP contribution in [0.2, 0.25) is 0 Å². The molecule has 9 nitrogen and oxygen atoms in total. The maximum Gasteiger partial charge on any atom is 0.419 e. The molecule has 0 unspecified atom stereocenters. The lowest BCUT2D eigenvalue weighted by atomic mass is 10.0. The van der Waals surface area contributed by atoms with Crippen molar-refractivity contribution in [3.8, 4) is 0 Å². The van der Waals surface area contributed by atoms with Crippen molar-refractivity contribution in [3.05, 3.63) is 59.0 Å². The van der Waals surface area contributed by atoms with Gasteiger partial charge in [-0.05, 0) is 30.3 Å². The van der Waals surface area contributed by atoms with Gasteiger partial charge in [0, 0.05) is 32.3 Å². The van der Waals surface area contributed by atoms with Crippen LogP contribution in [-0.4, -0.2) is 45.0 Å². The maximum atomic E-state index is 12.9. The van der Waals surface area contributed by atoms with Gasteiger partial charge in [0.15, 0.2) is 11.2 Å². The molecular formula is C17H15N5O4S. The van der Waals surface area contributed by atoms with Gasteiger partial charge in [-0.25, -0.2) is 13.2 Å². The normalized spacial score (nSPS) is 16.2. The first-order valence-corrected chi connectivity index (χ1v) is 9.78. The van der Waals surface area contributed by atoms with Crippen molar-refractivity contribution in [2.75, 3.05) is 13.1 Å². The van der Waals surface area contributed by atoms with Crippen molar-refractivity contribution >= 4 is 26.8 Å². The summed E-state index contributed by atoms with van der Waals surface area (Å²) in [5, 5.41) is 8.32. The lowest BCUT2D eigenvalue weighted by molar-refractivity contribution is 0.255. The largest absolute Gasteiger partial charge is 0.419 e. The van der Waals surface area contributed by atoms with Crippen molar-refractivity contribution in [2.45, 2.75) is 10.8 Å². The van der Waals surface area contributed by atoms with E-state index in [-0.39, 0.29) is 10.8 Å². The highest BCUT2D eigenvalue weighted by Crippen LogP contribution is 2.32. The Hall–Kier alpha value is -2.98. The minimum absolute atomic E-state index is 0.0146. The number of benzene rings is 1. The van der Waals surface area contributed by atoms with Gasteiger partial charge >= 0.3 is 5.76 Å². The standard InChI is InChI=1S/C17H15N5O4S/c1-20-13-8-12(5-6-14(13)26-17(20)23)27(24,25)21-9-11(10-21)16-19-18-15-4-2-3-7-22(15)16/h2-8,11H,9-10H2,1H3. The Morgan fingerprint density at radius 3 is 2.78 bits per heavy atom. The second kappa shape index (κ2) is 5.51. The van der Waals surface area contributed by atoms with Gasteiger partial charge in [0.2, 0.25) is 10.0 Å². The molecule has 1 saturated heterocycles. The van der Waals surface area contributed by atoms with Crippen LogP contribution in [0.1, 0.15) is 11.7 Å². The van der Waals surface area contributed by atoms with Gasteiger partial charge in [-0.15, -0.1) is 10.2 Å². The highest BCUT2D eigenvalue weighted by Gasteiger charge is 2.39. The number of fused-ring (bicyclic) bond motifs is 2. The van der Waals surface area contributed by atoms with E-state index in [9.17, 15) is 13.2 Å². The summed E-state index contributed by atoms with van der Waals surface area (Å²) in [4.78, 5) is 11.7. The number of aryl methyl sites for hydroxylation is 1. The maximum absolute atomic E-state index is 12.9. The zero-order valence-corrected chi connectivity index (χ0v) is 15.1. The zero-order chi connectivity index (χ0) is 18.8.